The molecule has 0 saturated heterocycles. The summed E-state index contributed by atoms with van der Waals surface area (Å²) in [5, 5.41) is 0. The highest BCUT2D eigenvalue weighted by Crippen LogP contribution is 2.28. The van der Waals surface area contributed by atoms with Crippen molar-refractivity contribution in [3.8, 4) is 11.5 Å². The minimum atomic E-state index is -0.681. The van der Waals surface area contributed by atoms with E-state index in [2.05, 4.69) is 0 Å². The summed E-state index contributed by atoms with van der Waals surface area (Å²) < 4.78 is 15.5. The van der Waals surface area contributed by atoms with Crippen LogP contribution in [0, 0.1) is 0 Å². The van der Waals surface area contributed by atoms with Gasteiger partial charge in [-0.3, -0.25) is 9.59 Å². The van der Waals surface area contributed by atoms with E-state index in [0.29, 0.717) is 23.6 Å². The molecule has 7 nitrogen and oxygen atoms in total. The van der Waals surface area contributed by atoms with Gasteiger partial charge in [-0.05, 0) is 30.7 Å². The number of carbonyl (C=O) groups excluding carboxylic acids is 3. The van der Waals surface area contributed by atoms with Gasteiger partial charge in [-0.15, -0.1) is 0 Å². The molecule has 0 saturated carbocycles. The molecule has 0 N–H and O–H groups in total. The van der Waals surface area contributed by atoms with Gasteiger partial charge in [0.15, 0.2) is 30.5 Å². The Hall–Kier alpha value is -3.35. The maximum Gasteiger partial charge on any atom is 0.344 e. The second-order valence-corrected chi connectivity index (χ2v) is 6.11. The average Bonchev–Trinajstić information content (AvgIpc) is 2.70. The number of hydrogen-bond acceptors (Lipinski definition) is 6. The Morgan fingerprint density at radius 1 is 0.964 bits per heavy atom. The lowest BCUT2D eigenvalue weighted by molar-refractivity contribution is -0.153. The average molecular weight is 385 g/mol. The van der Waals surface area contributed by atoms with Crippen molar-refractivity contribution in [2.24, 2.45) is 0 Å². The molecule has 2 aromatic rings. The van der Waals surface area contributed by atoms with E-state index in [-0.39, 0.29) is 24.9 Å². The van der Waals surface area contributed by atoms with Crippen LogP contribution in [0.15, 0.2) is 48.5 Å². The SMILES string of the molecule is COc1cc(C(C)=O)ccc1OCC(=O)OCC(=O)N(C)Cc1ccccc1. The van der Waals surface area contributed by atoms with Crippen LogP contribution in [-0.2, 0) is 20.9 Å². The third-order valence-corrected chi connectivity index (χ3v) is 3.96. The summed E-state index contributed by atoms with van der Waals surface area (Å²) in [4.78, 5) is 36.8. The smallest absolute Gasteiger partial charge is 0.344 e. The lowest BCUT2D eigenvalue weighted by atomic mass is 10.1. The third kappa shape index (κ3) is 6.12. The minimum Gasteiger partial charge on any atom is -0.493 e. The zero-order valence-corrected chi connectivity index (χ0v) is 16.1. The zero-order valence-electron chi connectivity index (χ0n) is 16.1. The van der Waals surface area contributed by atoms with Crippen LogP contribution < -0.4 is 9.47 Å². The largest absolute Gasteiger partial charge is 0.493 e. The van der Waals surface area contributed by atoms with Crippen LogP contribution in [-0.4, -0.2) is 49.9 Å². The van der Waals surface area contributed by atoms with Crippen LogP contribution >= 0.6 is 0 Å². The highest BCUT2D eigenvalue weighted by molar-refractivity contribution is 5.94. The predicted octanol–water partition coefficient (Wildman–Crippen LogP) is 2.48. The molecule has 0 atom stereocenters. The minimum absolute atomic E-state index is 0.109. The van der Waals surface area contributed by atoms with Crippen LogP contribution in [0.1, 0.15) is 22.8 Å². The number of hydrogen-bond donors (Lipinski definition) is 0. The number of benzene rings is 2. The molecule has 2 rings (SSSR count). The van der Waals surface area contributed by atoms with Gasteiger partial charge in [-0.25, -0.2) is 4.79 Å². The topological polar surface area (TPSA) is 82.1 Å². The van der Waals surface area contributed by atoms with Gasteiger partial charge in [0.25, 0.3) is 5.91 Å². The maximum atomic E-state index is 12.1. The number of likely N-dealkylation sites (N-methyl/N-ethyl adjacent to an activating group) is 1. The van der Waals surface area contributed by atoms with E-state index in [9.17, 15) is 14.4 Å². The highest BCUT2D eigenvalue weighted by Gasteiger charge is 2.14. The van der Waals surface area contributed by atoms with Gasteiger partial charge >= 0.3 is 5.97 Å². The first-order valence-corrected chi connectivity index (χ1v) is 8.66. The summed E-state index contributed by atoms with van der Waals surface area (Å²) in [5.74, 6) is -0.474. The zero-order chi connectivity index (χ0) is 20.5. The van der Waals surface area contributed by atoms with E-state index >= 15 is 0 Å². The molecule has 2 aromatic carbocycles. The van der Waals surface area contributed by atoms with Gasteiger partial charge in [-0.2, -0.15) is 0 Å². The fourth-order valence-corrected chi connectivity index (χ4v) is 2.38. The molecule has 0 unspecified atom stereocenters. The van der Waals surface area contributed by atoms with Crippen molar-refractivity contribution in [2.75, 3.05) is 27.4 Å². The Labute approximate surface area is 163 Å². The molecule has 0 radical (unpaired) electrons. The number of nitrogens with zero attached hydrogens (tertiary/aromatic N) is 1. The van der Waals surface area contributed by atoms with Crippen LogP contribution in [0.2, 0.25) is 0 Å². The van der Waals surface area contributed by atoms with Gasteiger partial charge in [0.2, 0.25) is 0 Å². The number of ketones is 1. The van der Waals surface area contributed by atoms with Gasteiger partial charge in [0.05, 0.1) is 7.11 Å². The van der Waals surface area contributed by atoms with Crippen molar-refractivity contribution in [3.63, 3.8) is 0 Å². The molecule has 0 bridgehead atoms. The van der Waals surface area contributed by atoms with Crippen LogP contribution in [0.25, 0.3) is 0 Å². The fraction of sp³-hybridized carbons (Fsp3) is 0.286. The van der Waals surface area contributed by atoms with Crippen molar-refractivity contribution in [1.82, 2.24) is 4.90 Å². The molecule has 0 heterocycles. The van der Waals surface area contributed by atoms with Crippen LogP contribution in [0.5, 0.6) is 11.5 Å². The molecule has 148 valence electrons. The van der Waals surface area contributed by atoms with E-state index in [1.165, 1.54) is 25.0 Å². The summed E-state index contributed by atoms with van der Waals surface area (Å²) >= 11 is 0. The Balaban J connectivity index is 1.81. The summed E-state index contributed by atoms with van der Waals surface area (Å²) in [5.41, 5.74) is 1.45. The van der Waals surface area contributed by atoms with E-state index in [1.54, 1.807) is 19.2 Å². The van der Waals surface area contributed by atoms with Crippen LogP contribution in [0.3, 0.4) is 0 Å². The van der Waals surface area contributed by atoms with Gasteiger partial charge < -0.3 is 19.1 Å². The second kappa shape index (κ2) is 10.1. The predicted molar refractivity (Wildman–Crippen MR) is 102 cm³/mol. The van der Waals surface area contributed by atoms with Gasteiger partial charge in [0.1, 0.15) is 0 Å². The first kappa shape index (κ1) is 21.0. The lowest BCUT2D eigenvalue weighted by Crippen LogP contribution is -2.31. The van der Waals surface area contributed by atoms with Crippen molar-refractivity contribution < 1.29 is 28.6 Å². The molecule has 0 aromatic heterocycles. The fourth-order valence-electron chi connectivity index (χ4n) is 2.38. The Morgan fingerprint density at radius 2 is 1.68 bits per heavy atom. The number of esters is 1. The normalized spacial score (nSPS) is 10.1. The molecule has 1 amide bonds. The molecule has 7 heteroatoms. The molecule has 0 aliphatic carbocycles. The van der Waals surface area contributed by atoms with Crippen molar-refractivity contribution >= 4 is 17.7 Å². The number of rotatable bonds is 9. The number of carbonyl (C=O) groups is 3. The van der Waals surface area contributed by atoms with Gasteiger partial charge in [0, 0.05) is 19.2 Å². The summed E-state index contributed by atoms with van der Waals surface area (Å²) in [6, 6.07) is 14.2. The van der Waals surface area contributed by atoms with E-state index in [4.69, 9.17) is 14.2 Å². The number of methoxy groups -OCH3 is 1. The van der Waals surface area contributed by atoms with Crippen molar-refractivity contribution in [1.29, 1.82) is 0 Å². The summed E-state index contributed by atoms with van der Waals surface area (Å²) in [6.07, 6.45) is 0. The van der Waals surface area contributed by atoms with E-state index < -0.39 is 5.97 Å². The van der Waals surface area contributed by atoms with E-state index in [0.717, 1.165) is 5.56 Å². The molecule has 0 fully saturated rings. The molecule has 0 spiro atoms. The quantitative estimate of drug-likeness (QED) is 0.487. The monoisotopic (exact) mass is 385 g/mol. The summed E-state index contributed by atoms with van der Waals surface area (Å²) in [7, 11) is 3.08. The number of Topliss-reactive ketones (excluding diaryl/α,β-unsaturated/α-hetero) is 1. The van der Waals surface area contributed by atoms with Crippen LogP contribution in [0.4, 0.5) is 0 Å². The molecule has 0 aliphatic rings. The standard InChI is InChI=1S/C21H23NO6/c1-15(23)17-9-10-18(19(11-17)26-3)27-14-21(25)28-13-20(24)22(2)12-16-7-5-4-6-8-16/h4-11H,12-14H2,1-3H3. The van der Waals surface area contributed by atoms with Crippen molar-refractivity contribution in [3.05, 3.63) is 59.7 Å². The van der Waals surface area contributed by atoms with Crippen molar-refractivity contribution in [2.45, 2.75) is 13.5 Å². The third-order valence-electron chi connectivity index (χ3n) is 3.96. The molecule has 28 heavy (non-hydrogen) atoms. The molecular formula is C21H23NO6. The number of amides is 1. The maximum absolute atomic E-state index is 12.1. The Kier molecular flexibility index (Phi) is 7.56. The molecule has 0 aliphatic heterocycles. The number of ether oxygens (including phenoxy) is 3. The molecular weight excluding hydrogens is 362 g/mol. The lowest BCUT2D eigenvalue weighted by Gasteiger charge is -2.17. The Morgan fingerprint density at radius 3 is 2.32 bits per heavy atom. The second-order valence-electron chi connectivity index (χ2n) is 6.11. The first-order valence-electron chi connectivity index (χ1n) is 8.66. The van der Waals surface area contributed by atoms with E-state index in [1.807, 2.05) is 30.3 Å². The Bertz CT molecular complexity index is 834. The van der Waals surface area contributed by atoms with Gasteiger partial charge in [-0.1, -0.05) is 30.3 Å². The highest BCUT2D eigenvalue weighted by atomic mass is 16.6. The summed E-state index contributed by atoms with van der Waals surface area (Å²) in [6.45, 7) is 1.11. The first-order chi connectivity index (χ1) is 13.4.